The second-order valence-corrected chi connectivity index (χ2v) is 3.01. The Bertz CT molecular complexity index is 385. The number of benzene rings is 1. The van der Waals surface area contributed by atoms with Gasteiger partial charge in [-0.2, -0.15) is 0 Å². The molecule has 1 N–H and O–H groups in total. The zero-order valence-corrected chi connectivity index (χ0v) is 8.22. The molecule has 0 spiro atoms. The van der Waals surface area contributed by atoms with Gasteiger partial charge >= 0.3 is 5.97 Å². The molecule has 0 aliphatic rings. The highest BCUT2D eigenvalue weighted by molar-refractivity contribution is 5.93. The van der Waals surface area contributed by atoms with Crippen LogP contribution in [0.5, 0.6) is 5.75 Å². The molecule has 76 valence electrons. The van der Waals surface area contributed by atoms with Gasteiger partial charge in [-0.3, -0.25) is 0 Å². The minimum absolute atomic E-state index is 0.106. The third kappa shape index (κ3) is 1.55. The lowest BCUT2D eigenvalue weighted by Crippen LogP contribution is -2.06. The quantitative estimate of drug-likeness (QED) is 0.791. The predicted octanol–water partition coefficient (Wildman–Crippen LogP) is 2.15. The molecule has 3 nitrogen and oxygen atoms in total. The van der Waals surface area contributed by atoms with Crippen molar-refractivity contribution in [3.05, 3.63) is 28.6 Å². The first-order valence-corrected chi connectivity index (χ1v) is 4.06. The van der Waals surface area contributed by atoms with E-state index in [4.69, 9.17) is 9.84 Å². The standard InChI is InChI=1S/C10H11FO3/c1-5-4-7(11)9(14-3)8(6(5)2)10(12)13/h4H,1-3H3,(H,12,13). The fourth-order valence-corrected chi connectivity index (χ4v) is 1.31. The lowest BCUT2D eigenvalue weighted by atomic mass is 10.0. The third-order valence-corrected chi connectivity index (χ3v) is 2.17. The first-order chi connectivity index (χ1) is 6.49. The van der Waals surface area contributed by atoms with Crippen molar-refractivity contribution in [2.75, 3.05) is 7.11 Å². The first-order valence-electron chi connectivity index (χ1n) is 4.06. The Labute approximate surface area is 81.1 Å². The molecule has 0 aliphatic heterocycles. The maximum absolute atomic E-state index is 13.3. The summed E-state index contributed by atoms with van der Waals surface area (Å²) in [6, 6.07) is 1.26. The van der Waals surface area contributed by atoms with Crippen molar-refractivity contribution in [3.8, 4) is 5.75 Å². The van der Waals surface area contributed by atoms with Gasteiger partial charge in [0.1, 0.15) is 5.56 Å². The Balaban J connectivity index is 3.56. The Kier molecular flexibility index (Phi) is 2.74. The van der Waals surface area contributed by atoms with Crippen LogP contribution in [0.15, 0.2) is 6.07 Å². The van der Waals surface area contributed by atoms with Gasteiger partial charge in [-0.15, -0.1) is 0 Å². The topological polar surface area (TPSA) is 46.5 Å². The van der Waals surface area contributed by atoms with E-state index in [0.29, 0.717) is 11.1 Å². The van der Waals surface area contributed by atoms with Crippen molar-refractivity contribution in [1.82, 2.24) is 0 Å². The molecule has 1 aromatic carbocycles. The summed E-state index contributed by atoms with van der Waals surface area (Å²) in [5.74, 6) is -2.03. The zero-order valence-electron chi connectivity index (χ0n) is 8.22. The Morgan fingerprint density at radius 2 is 2.07 bits per heavy atom. The highest BCUT2D eigenvalue weighted by atomic mass is 19.1. The molecule has 0 unspecified atom stereocenters. The number of carboxylic acids is 1. The second kappa shape index (κ2) is 3.65. The van der Waals surface area contributed by atoms with E-state index in [9.17, 15) is 9.18 Å². The van der Waals surface area contributed by atoms with Crippen LogP contribution >= 0.6 is 0 Å². The van der Waals surface area contributed by atoms with E-state index in [0.717, 1.165) is 0 Å². The van der Waals surface area contributed by atoms with Crippen LogP contribution in [0.2, 0.25) is 0 Å². The minimum Gasteiger partial charge on any atom is -0.493 e. The number of methoxy groups -OCH3 is 1. The number of aromatic carboxylic acids is 1. The summed E-state index contributed by atoms with van der Waals surface area (Å²) in [7, 11) is 1.25. The summed E-state index contributed by atoms with van der Waals surface area (Å²) in [5, 5.41) is 8.88. The van der Waals surface area contributed by atoms with Crippen molar-refractivity contribution in [2.45, 2.75) is 13.8 Å². The molecule has 0 aromatic heterocycles. The van der Waals surface area contributed by atoms with E-state index in [-0.39, 0.29) is 11.3 Å². The molecule has 0 aliphatic carbocycles. The molecule has 4 heteroatoms. The molecule has 0 radical (unpaired) electrons. The van der Waals surface area contributed by atoms with Crippen LogP contribution in [0.1, 0.15) is 21.5 Å². The maximum Gasteiger partial charge on any atom is 0.339 e. The zero-order chi connectivity index (χ0) is 10.9. The maximum atomic E-state index is 13.3. The van der Waals surface area contributed by atoms with Gasteiger partial charge < -0.3 is 9.84 Å². The summed E-state index contributed by atoms with van der Waals surface area (Å²) in [4.78, 5) is 10.9. The minimum atomic E-state index is -1.18. The molecule has 1 rings (SSSR count). The molecule has 0 fully saturated rings. The van der Waals surface area contributed by atoms with Crippen molar-refractivity contribution < 1.29 is 19.0 Å². The van der Waals surface area contributed by atoms with Crippen LogP contribution < -0.4 is 4.74 Å². The van der Waals surface area contributed by atoms with Crippen LogP contribution in [0.4, 0.5) is 4.39 Å². The number of rotatable bonds is 2. The van der Waals surface area contributed by atoms with Crippen molar-refractivity contribution in [2.24, 2.45) is 0 Å². The number of aryl methyl sites for hydroxylation is 1. The average molecular weight is 198 g/mol. The Morgan fingerprint density at radius 3 is 2.50 bits per heavy atom. The summed E-state index contributed by atoms with van der Waals surface area (Å²) in [5.41, 5.74) is 1.02. The molecule has 14 heavy (non-hydrogen) atoms. The lowest BCUT2D eigenvalue weighted by molar-refractivity contribution is 0.0691. The van der Waals surface area contributed by atoms with Crippen LogP contribution in [0.25, 0.3) is 0 Å². The molecule has 0 heterocycles. The Morgan fingerprint density at radius 1 is 1.50 bits per heavy atom. The SMILES string of the molecule is COc1c(F)cc(C)c(C)c1C(=O)O. The van der Waals surface area contributed by atoms with Crippen LogP contribution in [-0.2, 0) is 0 Å². The molecule has 0 amide bonds. The lowest BCUT2D eigenvalue weighted by Gasteiger charge is -2.11. The van der Waals surface area contributed by atoms with Gasteiger partial charge in [0.25, 0.3) is 0 Å². The molecule has 0 bridgehead atoms. The van der Waals surface area contributed by atoms with Crippen molar-refractivity contribution in [3.63, 3.8) is 0 Å². The van der Waals surface area contributed by atoms with E-state index in [2.05, 4.69) is 0 Å². The van der Waals surface area contributed by atoms with E-state index in [1.807, 2.05) is 0 Å². The van der Waals surface area contributed by atoms with Gasteiger partial charge in [0.05, 0.1) is 7.11 Å². The summed E-state index contributed by atoms with van der Waals surface area (Å²) in [6.07, 6.45) is 0. The highest BCUT2D eigenvalue weighted by Gasteiger charge is 2.19. The molecular formula is C10H11FO3. The molecular weight excluding hydrogens is 187 g/mol. The number of hydrogen-bond donors (Lipinski definition) is 1. The number of carboxylic acid groups (broad SMARTS) is 1. The van der Waals surface area contributed by atoms with Crippen LogP contribution in [0, 0.1) is 19.7 Å². The fourth-order valence-electron chi connectivity index (χ4n) is 1.31. The number of hydrogen-bond acceptors (Lipinski definition) is 2. The van der Waals surface area contributed by atoms with E-state index in [1.165, 1.54) is 13.2 Å². The number of carbonyl (C=O) groups is 1. The van der Waals surface area contributed by atoms with Gasteiger partial charge in [0, 0.05) is 0 Å². The first kappa shape index (κ1) is 10.5. The van der Waals surface area contributed by atoms with Gasteiger partial charge in [-0.05, 0) is 31.0 Å². The molecule has 0 saturated carbocycles. The van der Waals surface area contributed by atoms with E-state index < -0.39 is 11.8 Å². The smallest absolute Gasteiger partial charge is 0.339 e. The fraction of sp³-hybridized carbons (Fsp3) is 0.300. The number of ether oxygens (including phenoxy) is 1. The van der Waals surface area contributed by atoms with E-state index >= 15 is 0 Å². The third-order valence-electron chi connectivity index (χ3n) is 2.17. The number of halogens is 1. The Hall–Kier alpha value is -1.58. The largest absolute Gasteiger partial charge is 0.493 e. The van der Waals surface area contributed by atoms with Crippen LogP contribution in [0.3, 0.4) is 0 Å². The van der Waals surface area contributed by atoms with E-state index in [1.54, 1.807) is 13.8 Å². The van der Waals surface area contributed by atoms with Crippen molar-refractivity contribution in [1.29, 1.82) is 0 Å². The normalized spacial score (nSPS) is 10.0. The molecule has 0 atom stereocenters. The highest BCUT2D eigenvalue weighted by Crippen LogP contribution is 2.28. The van der Waals surface area contributed by atoms with Gasteiger partial charge in [-0.25, -0.2) is 9.18 Å². The molecule has 0 saturated heterocycles. The predicted molar refractivity (Wildman–Crippen MR) is 49.4 cm³/mol. The van der Waals surface area contributed by atoms with Crippen molar-refractivity contribution >= 4 is 5.97 Å². The monoisotopic (exact) mass is 198 g/mol. The average Bonchev–Trinajstić information content (AvgIpc) is 2.10. The van der Waals surface area contributed by atoms with Gasteiger partial charge in [0.2, 0.25) is 0 Å². The van der Waals surface area contributed by atoms with Gasteiger partial charge in [-0.1, -0.05) is 0 Å². The van der Waals surface area contributed by atoms with Gasteiger partial charge in [0.15, 0.2) is 11.6 Å². The van der Waals surface area contributed by atoms with Crippen LogP contribution in [-0.4, -0.2) is 18.2 Å². The summed E-state index contributed by atoms with van der Waals surface area (Å²) in [6.45, 7) is 3.28. The molecule has 1 aromatic rings. The summed E-state index contributed by atoms with van der Waals surface area (Å²) >= 11 is 0. The second-order valence-electron chi connectivity index (χ2n) is 3.01. The summed E-state index contributed by atoms with van der Waals surface area (Å²) < 4.78 is 18.0.